The summed E-state index contributed by atoms with van der Waals surface area (Å²) in [5.74, 6) is -0.184. The molecule has 0 heterocycles. The zero-order valence-corrected chi connectivity index (χ0v) is 11.8. The monoisotopic (exact) mass is 286 g/mol. The molecule has 0 saturated heterocycles. The number of rotatable bonds is 6. The van der Waals surface area contributed by atoms with Crippen LogP contribution < -0.4 is 10.0 Å². The van der Waals surface area contributed by atoms with Crippen LogP contribution in [0.3, 0.4) is 0 Å². The van der Waals surface area contributed by atoms with Gasteiger partial charge in [-0.2, -0.15) is 0 Å². The van der Waals surface area contributed by atoms with Gasteiger partial charge in [0.25, 0.3) is 0 Å². The van der Waals surface area contributed by atoms with Crippen LogP contribution in [0.1, 0.15) is 30.0 Å². The fourth-order valence-corrected chi connectivity index (χ4v) is 2.94. The molecule has 2 N–H and O–H groups in total. The van der Waals surface area contributed by atoms with Crippen LogP contribution >= 0.6 is 0 Å². The molecule has 106 valence electrons. The van der Waals surface area contributed by atoms with Gasteiger partial charge in [0.1, 0.15) is 5.82 Å². The molecule has 1 aliphatic rings. The van der Waals surface area contributed by atoms with Crippen LogP contribution in [0.25, 0.3) is 0 Å². The summed E-state index contributed by atoms with van der Waals surface area (Å²) in [5.41, 5.74) is 2.24. The number of benzene rings is 1. The zero-order valence-electron chi connectivity index (χ0n) is 10.9. The third-order valence-corrected chi connectivity index (χ3v) is 4.02. The Labute approximate surface area is 113 Å². The van der Waals surface area contributed by atoms with Crippen molar-refractivity contribution in [3.8, 4) is 0 Å². The number of hydrogen-bond acceptors (Lipinski definition) is 3. The van der Waals surface area contributed by atoms with Crippen LogP contribution in [0.15, 0.2) is 18.2 Å². The summed E-state index contributed by atoms with van der Waals surface area (Å²) in [5, 5.41) is 3.39. The maximum Gasteiger partial charge on any atom is 0.208 e. The minimum atomic E-state index is -3.10. The van der Waals surface area contributed by atoms with Crippen molar-refractivity contribution in [1.82, 2.24) is 10.0 Å². The van der Waals surface area contributed by atoms with E-state index in [1.807, 2.05) is 6.07 Å². The summed E-state index contributed by atoms with van der Waals surface area (Å²) in [6, 6.07) is 5.19. The van der Waals surface area contributed by atoms with Gasteiger partial charge in [0.2, 0.25) is 10.0 Å². The molecule has 1 aromatic rings. The van der Waals surface area contributed by atoms with Gasteiger partial charge in [-0.15, -0.1) is 0 Å². The van der Waals surface area contributed by atoms with E-state index in [1.165, 1.54) is 6.07 Å². The van der Waals surface area contributed by atoms with Crippen molar-refractivity contribution < 1.29 is 12.8 Å². The average Bonchev–Trinajstić information content (AvgIpc) is 2.69. The molecule has 0 amide bonds. The lowest BCUT2D eigenvalue weighted by Crippen LogP contribution is -2.27. The highest BCUT2D eigenvalue weighted by Gasteiger charge is 2.21. The van der Waals surface area contributed by atoms with Gasteiger partial charge in [-0.05, 0) is 49.1 Å². The summed E-state index contributed by atoms with van der Waals surface area (Å²) < 4.78 is 37.3. The summed E-state index contributed by atoms with van der Waals surface area (Å²) in [6.45, 7) is 1.18. The minimum absolute atomic E-state index is 0.184. The normalized spacial score (nSPS) is 18.5. The van der Waals surface area contributed by atoms with Crippen LogP contribution in [-0.2, 0) is 16.4 Å². The molecule has 0 fully saturated rings. The molecule has 0 bridgehead atoms. The van der Waals surface area contributed by atoms with Crippen molar-refractivity contribution in [1.29, 1.82) is 0 Å². The van der Waals surface area contributed by atoms with Crippen LogP contribution in [0.5, 0.6) is 0 Å². The summed E-state index contributed by atoms with van der Waals surface area (Å²) in [4.78, 5) is 0. The Morgan fingerprint density at radius 2 is 2.16 bits per heavy atom. The van der Waals surface area contributed by atoms with E-state index in [2.05, 4.69) is 10.0 Å². The molecule has 0 aliphatic heterocycles. The molecular formula is C13H19FN2O2S. The zero-order chi connectivity index (χ0) is 13.9. The molecule has 0 radical (unpaired) electrons. The smallest absolute Gasteiger partial charge is 0.208 e. The van der Waals surface area contributed by atoms with Crippen molar-refractivity contribution in [3.05, 3.63) is 35.1 Å². The first-order valence-corrected chi connectivity index (χ1v) is 8.31. The number of halogens is 1. The third kappa shape index (κ3) is 4.26. The van der Waals surface area contributed by atoms with E-state index in [0.717, 1.165) is 43.2 Å². The Kier molecular flexibility index (Phi) is 4.54. The Hall–Kier alpha value is -0.980. The molecule has 6 heteroatoms. The molecule has 2 rings (SSSR count). The molecule has 1 atom stereocenters. The molecule has 0 spiro atoms. The first-order chi connectivity index (χ1) is 8.96. The lowest BCUT2D eigenvalue weighted by molar-refractivity contribution is 0.516. The molecule has 1 aliphatic carbocycles. The highest BCUT2D eigenvalue weighted by atomic mass is 32.2. The van der Waals surface area contributed by atoms with Gasteiger partial charge in [0, 0.05) is 12.6 Å². The highest BCUT2D eigenvalue weighted by molar-refractivity contribution is 7.88. The lowest BCUT2D eigenvalue weighted by Gasteiger charge is -2.14. The Balaban J connectivity index is 1.77. The van der Waals surface area contributed by atoms with Crippen molar-refractivity contribution in [2.75, 3.05) is 19.3 Å². The predicted molar refractivity (Wildman–Crippen MR) is 72.9 cm³/mol. The van der Waals surface area contributed by atoms with Crippen molar-refractivity contribution >= 4 is 10.0 Å². The summed E-state index contributed by atoms with van der Waals surface area (Å²) >= 11 is 0. The van der Waals surface area contributed by atoms with E-state index >= 15 is 0 Å². The molecule has 1 aromatic carbocycles. The lowest BCUT2D eigenvalue weighted by atomic mass is 10.1. The second-order valence-corrected chi connectivity index (χ2v) is 6.74. The van der Waals surface area contributed by atoms with Gasteiger partial charge in [-0.1, -0.05) is 6.07 Å². The van der Waals surface area contributed by atoms with Crippen molar-refractivity contribution in [2.45, 2.75) is 25.3 Å². The Morgan fingerprint density at radius 1 is 1.37 bits per heavy atom. The second kappa shape index (κ2) is 5.98. The number of hydrogen-bond donors (Lipinski definition) is 2. The van der Waals surface area contributed by atoms with Crippen LogP contribution in [0, 0.1) is 5.82 Å². The minimum Gasteiger partial charge on any atom is -0.310 e. The standard InChI is InChI=1S/C13H19FN2O2S/c1-19(17,18)16-8-2-7-15-13-6-3-10-9-11(14)4-5-12(10)13/h4-5,9,13,15-16H,2-3,6-8H2,1H3. The fourth-order valence-electron chi connectivity index (χ4n) is 2.42. The number of fused-ring (bicyclic) bond motifs is 1. The fraction of sp³-hybridized carbons (Fsp3) is 0.538. The number of sulfonamides is 1. The first kappa shape index (κ1) is 14.4. The topological polar surface area (TPSA) is 58.2 Å². The van der Waals surface area contributed by atoms with Crippen molar-refractivity contribution in [2.24, 2.45) is 0 Å². The summed E-state index contributed by atoms with van der Waals surface area (Å²) in [7, 11) is -3.10. The first-order valence-electron chi connectivity index (χ1n) is 6.42. The molecule has 1 unspecified atom stereocenters. The van der Waals surface area contributed by atoms with Gasteiger partial charge >= 0.3 is 0 Å². The molecular weight excluding hydrogens is 267 g/mol. The maximum atomic E-state index is 13.1. The largest absolute Gasteiger partial charge is 0.310 e. The van der Waals surface area contributed by atoms with Crippen molar-refractivity contribution in [3.63, 3.8) is 0 Å². The highest BCUT2D eigenvalue weighted by Crippen LogP contribution is 2.31. The van der Waals surface area contributed by atoms with E-state index < -0.39 is 10.0 Å². The summed E-state index contributed by atoms with van der Waals surface area (Å²) in [6.07, 6.45) is 3.76. The van der Waals surface area contributed by atoms with Gasteiger partial charge in [-0.25, -0.2) is 17.5 Å². The van der Waals surface area contributed by atoms with Gasteiger partial charge in [0.05, 0.1) is 6.26 Å². The third-order valence-electron chi connectivity index (χ3n) is 3.29. The van der Waals surface area contributed by atoms with Crippen LogP contribution in [0.4, 0.5) is 4.39 Å². The van der Waals surface area contributed by atoms with Gasteiger partial charge in [-0.3, -0.25) is 0 Å². The van der Waals surface area contributed by atoms with Gasteiger partial charge in [0.15, 0.2) is 0 Å². The van der Waals surface area contributed by atoms with Crippen LogP contribution in [-0.4, -0.2) is 27.8 Å². The molecule has 0 saturated carbocycles. The molecule has 19 heavy (non-hydrogen) atoms. The van der Waals surface area contributed by atoms with E-state index in [9.17, 15) is 12.8 Å². The van der Waals surface area contributed by atoms with Gasteiger partial charge < -0.3 is 5.32 Å². The van der Waals surface area contributed by atoms with E-state index in [-0.39, 0.29) is 11.9 Å². The number of aryl methyl sites for hydroxylation is 1. The quantitative estimate of drug-likeness (QED) is 0.776. The van der Waals surface area contributed by atoms with Crippen LogP contribution in [0.2, 0.25) is 0 Å². The second-order valence-electron chi connectivity index (χ2n) is 4.91. The SMILES string of the molecule is CS(=O)(=O)NCCCNC1CCc2cc(F)ccc21. The average molecular weight is 286 g/mol. The van der Waals surface area contributed by atoms with E-state index in [4.69, 9.17) is 0 Å². The molecule has 0 aromatic heterocycles. The van der Waals surface area contributed by atoms with E-state index in [0.29, 0.717) is 6.54 Å². The predicted octanol–water partition coefficient (Wildman–Crippen LogP) is 1.34. The Morgan fingerprint density at radius 3 is 2.89 bits per heavy atom. The maximum absolute atomic E-state index is 13.1. The Bertz CT molecular complexity index is 546. The van der Waals surface area contributed by atoms with E-state index in [1.54, 1.807) is 6.07 Å². The molecule has 4 nitrogen and oxygen atoms in total. The number of nitrogens with one attached hydrogen (secondary N) is 2.